The average molecular weight is 438 g/mol. The summed E-state index contributed by atoms with van der Waals surface area (Å²) in [5, 5.41) is 12.4. The summed E-state index contributed by atoms with van der Waals surface area (Å²) in [5.41, 5.74) is 2.41. The zero-order chi connectivity index (χ0) is 23.1. The second kappa shape index (κ2) is 10.5. The highest BCUT2D eigenvalue weighted by Gasteiger charge is 2.13. The van der Waals surface area contributed by atoms with Crippen LogP contribution in [-0.2, 0) is 24.6 Å². The molecule has 0 spiro atoms. The van der Waals surface area contributed by atoms with Crippen LogP contribution in [0, 0.1) is 6.92 Å². The monoisotopic (exact) mass is 438 g/mol. The van der Waals surface area contributed by atoms with E-state index in [1.54, 1.807) is 25.3 Å². The van der Waals surface area contributed by atoms with Gasteiger partial charge >= 0.3 is 0 Å². The number of methoxy groups -OCH3 is 2. The van der Waals surface area contributed by atoms with Crippen LogP contribution >= 0.6 is 0 Å². The summed E-state index contributed by atoms with van der Waals surface area (Å²) in [6.07, 6.45) is 1.44. The molecule has 8 heteroatoms. The molecule has 0 aliphatic carbocycles. The first-order chi connectivity index (χ1) is 15.4. The molecule has 168 valence electrons. The van der Waals surface area contributed by atoms with E-state index in [1.165, 1.54) is 23.9 Å². The maximum Gasteiger partial charge on any atom is 0.244 e. The van der Waals surface area contributed by atoms with Gasteiger partial charge < -0.3 is 29.2 Å². The smallest absolute Gasteiger partial charge is 0.244 e. The average Bonchev–Trinajstić information content (AvgIpc) is 2.80. The molecular weight excluding hydrogens is 412 g/mol. The van der Waals surface area contributed by atoms with E-state index >= 15 is 0 Å². The highest BCUT2D eigenvalue weighted by atomic mass is 16.5. The molecule has 2 aromatic carbocycles. The van der Waals surface area contributed by atoms with E-state index in [-0.39, 0.29) is 30.2 Å². The Balaban J connectivity index is 1.78. The molecule has 0 aliphatic heterocycles. The van der Waals surface area contributed by atoms with Gasteiger partial charge in [-0.05, 0) is 30.2 Å². The van der Waals surface area contributed by atoms with Gasteiger partial charge in [-0.15, -0.1) is 0 Å². The van der Waals surface area contributed by atoms with Crippen molar-refractivity contribution in [2.45, 2.75) is 26.7 Å². The van der Waals surface area contributed by atoms with Crippen LogP contribution in [0.25, 0.3) is 0 Å². The number of ether oxygens (including phenoxy) is 3. The van der Waals surface area contributed by atoms with Crippen molar-refractivity contribution in [3.63, 3.8) is 0 Å². The first kappa shape index (κ1) is 22.9. The van der Waals surface area contributed by atoms with E-state index in [4.69, 9.17) is 14.2 Å². The van der Waals surface area contributed by atoms with Gasteiger partial charge in [-0.3, -0.25) is 9.59 Å². The van der Waals surface area contributed by atoms with Crippen molar-refractivity contribution in [1.82, 2.24) is 4.57 Å². The van der Waals surface area contributed by atoms with Gasteiger partial charge in [0.2, 0.25) is 11.3 Å². The minimum Gasteiger partial charge on any atom is -0.497 e. The number of hydrogen-bond acceptors (Lipinski definition) is 6. The zero-order valence-electron chi connectivity index (χ0n) is 18.3. The van der Waals surface area contributed by atoms with Crippen LogP contribution in [0.2, 0.25) is 0 Å². The predicted molar refractivity (Wildman–Crippen MR) is 120 cm³/mol. The quantitative estimate of drug-likeness (QED) is 0.533. The topological polar surface area (TPSA) is 99.0 Å². The summed E-state index contributed by atoms with van der Waals surface area (Å²) in [5.74, 6) is 0.775. The highest BCUT2D eigenvalue weighted by Crippen LogP contribution is 2.29. The molecule has 0 aliphatic rings. The molecule has 0 saturated heterocycles. The van der Waals surface area contributed by atoms with Crippen molar-refractivity contribution < 1.29 is 24.1 Å². The minimum atomic E-state index is -0.396. The van der Waals surface area contributed by atoms with Crippen LogP contribution in [0.3, 0.4) is 0 Å². The fourth-order valence-electron chi connectivity index (χ4n) is 3.16. The summed E-state index contributed by atoms with van der Waals surface area (Å²) < 4.78 is 17.7. The molecule has 2 N–H and O–H groups in total. The van der Waals surface area contributed by atoms with Crippen molar-refractivity contribution in [1.29, 1.82) is 0 Å². The number of pyridine rings is 1. The summed E-state index contributed by atoms with van der Waals surface area (Å²) in [4.78, 5) is 25.1. The summed E-state index contributed by atoms with van der Waals surface area (Å²) in [6, 6.07) is 14.0. The molecule has 1 aromatic heterocycles. The number of aliphatic hydroxyl groups is 1. The SMILES string of the molecule is COc1ccc(NC(=O)Cn2cc(OCc3ccccc3C)c(=O)cc2CO)c(OC)c1. The first-order valence-corrected chi connectivity index (χ1v) is 9.98. The van der Waals surface area contributed by atoms with Gasteiger partial charge in [0.15, 0.2) is 5.75 Å². The summed E-state index contributed by atoms with van der Waals surface area (Å²) in [7, 11) is 3.03. The number of rotatable bonds is 9. The van der Waals surface area contributed by atoms with Gasteiger partial charge in [-0.1, -0.05) is 24.3 Å². The van der Waals surface area contributed by atoms with Gasteiger partial charge in [0, 0.05) is 17.8 Å². The maximum absolute atomic E-state index is 12.7. The number of carbonyl (C=O) groups excluding carboxylic acids is 1. The molecule has 0 fully saturated rings. The Morgan fingerprint density at radius 1 is 1.06 bits per heavy atom. The number of aryl methyl sites for hydroxylation is 1. The van der Waals surface area contributed by atoms with Gasteiger partial charge in [0.1, 0.15) is 24.7 Å². The van der Waals surface area contributed by atoms with Crippen LogP contribution in [-0.4, -0.2) is 29.8 Å². The Morgan fingerprint density at radius 2 is 1.84 bits per heavy atom. The summed E-state index contributed by atoms with van der Waals surface area (Å²) in [6.45, 7) is 1.65. The van der Waals surface area contributed by atoms with E-state index in [9.17, 15) is 14.7 Å². The number of nitrogens with zero attached hydrogens (tertiary/aromatic N) is 1. The molecule has 32 heavy (non-hydrogen) atoms. The van der Waals surface area contributed by atoms with Gasteiger partial charge in [-0.2, -0.15) is 0 Å². The number of anilines is 1. The second-order valence-electron chi connectivity index (χ2n) is 7.11. The number of carbonyl (C=O) groups is 1. The largest absolute Gasteiger partial charge is 0.497 e. The van der Waals surface area contributed by atoms with E-state index < -0.39 is 6.61 Å². The van der Waals surface area contributed by atoms with Crippen molar-refractivity contribution in [3.8, 4) is 17.2 Å². The Hall–Kier alpha value is -3.78. The normalized spacial score (nSPS) is 10.5. The summed E-state index contributed by atoms with van der Waals surface area (Å²) >= 11 is 0. The lowest BCUT2D eigenvalue weighted by atomic mass is 10.1. The molecule has 1 amide bonds. The van der Waals surface area contributed by atoms with E-state index in [2.05, 4.69) is 5.32 Å². The lowest BCUT2D eigenvalue weighted by molar-refractivity contribution is -0.116. The molecule has 3 aromatic rings. The minimum absolute atomic E-state index is 0.0975. The molecular formula is C24H26N2O6. The third-order valence-electron chi connectivity index (χ3n) is 4.99. The van der Waals surface area contributed by atoms with Crippen LogP contribution in [0.4, 0.5) is 5.69 Å². The number of nitrogens with one attached hydrogen (secondary N) is 1. The number of aromatic nitrogens is 1. The van der Waals surface area contributed by atoms with Gasteiger partial charge in [0.25, 0.3) is 0 Å². The first-order valence-electron chi connectivity index (χ1n) is 9.98. The third-order valence-corrected chi connectivity index (χ3v) is 4.99. The highest BCUT2D eigenvalue weighted by molar-refractivity contribution is 5.92. The van der Waals surface area contributed by atoms with Crippen molar-refractivity contribution in [3.05, 3.63) is 81.8 Å². The molecule has 8 nitrogen and oxygen atoms in total. The standard InChI is InChI=1S/C24H26N2O6/c1-16-6-4-5-7-17(16)15-32-23-12-26(18(14-27)10-21(23)28)13-24(29)25-20-9-8-19(30-2)11-22(20)31-3/h4-12,27H,13-15H2,1-3H3,(H,25,29). The lowest BCUT2D eigenvalue weighted by Gasteiger charge is -2.16. The predicted octanol–water partition coefficient (Wildman–Crippen LogP) is 2.88. The van der Waals surface area contributed by atoms with Crippen LogP contribution in [0.15, 0.2) is 59.5 Å². The van der Waals surface area contributed by atoms with Crippen LogP contribution < -0.4 is 25.0 Å². The molecule has 0 saturated carbocycles. The second-order valence-corrected chi connectivity index (χ2v) is 7.11. The van der Waals surface area contributed by atoms with Crippen molar-refractivity contribution >= 4 is 11.6 Å². The number of benzene rings is 2. The van der Waals surface area contributed by atoms with Crippen molar-refractivity contribution in [2.75, 3.05) is 19.5 Å². The van der Waals surface area contributed by atoms with Crippen LogP contribution in [0.5, 0.6) is 17.2 Å². The van der Waals surface area contributed by atoms with E-state index in [1.807, 2.05) is 31.2 Å². The lowest BCUT2D eigenvalue weighted by Crippen LogP contribution is -2.23. The number of aliphatic hydroxyl groups excluding tert-OH is 1. The Bertz CT molecular complexity index is 1160. The number of hydrogen-bond donors (Lipinski definition) is 2. The Kier molecular flexibility index (Phi) is 7.51. The molecule has 0 unspecified atom stereocenters. The van der Waals surface area contributed by atoms with Gasteiger partial charge in [-0.25, -0.2) is 0 Å². The fraction of sp³-hybridized carbons (Fsp3) is 0.250. The van der Waals surface area contributed by atoms with E-state index in [0.29, 0.717) is 22.9 Å². The third kappa shape index (κ3) is 5.47. The van der Waals surface area contributed by atoms with Gasteiger partial charge in [0.05, 0.1) is 32.7 Å². The molecule has 1 heterocycles. The zero-order valence-corrected chi connectivity index (χ0v) is 18.3. The fourth-order valence-corrected chi connectivity index (χ4v) is 3.16. The van der Waals surface area contributed by atoms with Crippen molar-refractivity contribution in [2.24, 2.45) is 0 Å². The number of amides is 1. The Labute approximate surface area is 186 Å². The molecule has 0 atom stereocenters. The van der Waals surface area contributed by atoms with E-state index in [0.717, 1.165) is 11.1 Å². The van der Waals surface area contributed by atoms with Crippen LogP contribution in [0.1, 0.15) is 16.8 Å². The maximum atomic E-state index is 12.7. The molecule has 0 radical (unpaired) electrons. The Morgan fingerprint density at radius 3 is 2.53 bits per heavy atom. The molecule has 0 bridgehead atoms. The molecule has 3 rings (SSSR count).